The maximum Gasteiger partial charge on any atom is 0.257 e. The molecule has 0 N–H and O–H groups in total. The van der Waals surface area contributed by atoms with E-state index in [0.717, 1.165) is 31.2 Å². The van der Waals surface area contributed by atoms with Crippen molar-refractivity contribution in [2.24, 2.45) is 0 Å². The van der Waals surface area contributed by atoms with E-state index in [-0.39, 0.29) is 19.0 Å². The van der Waals surface area contributed by atoms with Gasteiger partial charge in [0.25, 0.3) is 5.91 Å². The lowest BCUT2D eigenvalue weighted by Gasteiger charge is -2.34. The molecule has 160 valence electrons. The predicted octanol–water partition coefficient (Wildman–Crippen LogP) is 3.37. The van der Waals surface area contributed by atoms with Crippen molar-refractivity contribution in [1.82, 2.24) is 9.21 Å². The average molecular weight is 449 g/mol. The first-order valence-corrected chi connectivity index (χ1v) is 12.0. The second kappa shape index (κ2) is 8.57. The Bertz CT molecular complexity index is 1060. The lowest BCUT2D eigenvalue weighted by atomic mass is 9.92. The Morgan fingerprint density at radius 1 is 0.967 bits per heavy atom. The smallest absolute Gasteiger partial charge is 0.257 e. The number of hydrogen-bond donors (Lipinski definition) is 0. The summed E-state index contributed by atoms with van der Waals surface area (Å²) in [5.41, 5.74) is 2.78. The number of fused-ring (bicyclic) bond motifs is 1. The highest BCUT2D eigenvalue weighted by atomic mass is 35.5. The monoisotopic (exact) mass is 448 g/mol. The molecule has 2 aliphatic rings. The molecule has 0 radical (unpaired) electrons. The van der Waals surface area contributed by atoms with E-state index in [1.54, 1.807) is 29.2 Å². The van der Waals surface area contributed by atoms with Gasteiger partial charge in [-0.15, -0.1) is 0 Å². The minimum atomic E-state index is -3.58. The normalized spacial score (nSPS) is 17.5. The molecule has 6 nitrogen and oxygen atoms in total. The molecule has 1 amide bonds. The van der Waals surface area contributed by atoms with Gasteiger partial charge in [0.2, 0.25) is 10.0 Å². The lowest BCUT2D eigenvalue weighted by Crippen LogP contribution is -2.50. The van der Waals surface area contributed by atoms with Crippen LogP contribution in [0.2, 0.25) is 5.02 Å². The molecule has 2 aromatic carbocycles. The molecule has 4 rings (SSSR count). The van der Waals surface area contributed by atoms with Crippen LogP contribution in [0.1, 0.15) is 34.3 Å². The summed E-state index contributed by atoms with van der Waals surface area (Å²) in [6.07, 6.45) is 4.21. The van der Waals surface area contributed by atoms with Gasteiger partial charge in [-0.25, -0.2) is 8.42 Å². The van der Waals surface area contributed by atoms with E-state index in [1.165, 1.54) is 17.0 Å². The fourth-order valence-corrected chi connectivity index (χ4v) is 5.81. The topological polar surface area (TPSA) is 66.9 Å². The van der Waals surface area contributed by atoms with Crippen molar-refractivity contribution in [1.29, 1.82) is 0 Å². The molecule has 0 unspecified atom stereocenters. The number of halogens is 1. The highest BCUT2D eigenvalue weighted by Crippen LogP contribution is 2.27. The third-order valence-electron chi connectivity index (χ3n) is 5.88. The number of nitrogens with zero attached hydrogens (tertiary/aromatic N) is 2. The molecule has 0 aromatic heterocycles. The summed E-state index contributed by atoms with van der Waals surface area (Å²) >= 11 is 6.04. The molecular weight excluding hydrogens is 424 g/mol. The fourth-order valence-electron chi connectivity index (χ4n) is 4.17. The van der Waals surface area contributed by atoms with Crippen LogP contribution in [-0.2, 0) is 22.9 Å². The lowest BCUT2D eigenvalue weighted by molar-refractivity contribution is 0.0694. The second-order valence-corrected chi connectivity index (χ2v) is 10.1. The predicted molar refractivity (Wildman–Crippen MR) is 116 cm³/mol. The molecule has 0 spiro atoms. The summed E-state index contributed by atoms with van der Waals surface area (Å²) < 4.78 is 33.0. The van der Waals surface area contributed by atoms with Crippen LogP contribution in [-0.4, -0.2) is 56.8 Å². The number of hydrogen-bond acceptors (Lipinski definition) is 4. The Morgan fingerprint density at radius 3 is 2.37 bits per heavy atom. The van der Waals surface area contributed by atoms with Crippen LogP contribution < -0.4 is 4.74 Å². The fraction of sp³-hybridized carbons (Fsp3) is 0.409. The first-order valence-electron chi connectivity index (χ1n) is 10.1. The highest BCUT2D eigenvalue weighted by Gasteiger charge is 2.31. The molecule has 1 fully saturated rings. The van der Waals surface area contributed by atoms with Gasteiger partial charge in [-0.1, -0.05) is 17.7 Å². The van der Waals surface area contributed by atoms with Crippen molar-refractivity contribution in [2.45, 2.75) is 30.6 Å². The van der Waals surface area contributed by atoms with Crippen LogP contribution in [0, 0.1) is 0 Å². The second-order valence-electron chi connectivity index (χ2n) is 7.68. The quantitative estimate of drug-likeness (QED) is 0.719. The summed E-state index contributed by atoms with van der Waals surface area (Å²) in [4.78, 5) is 14.9. The number of piperazine rings is 1. The van der Waals surface area contributed by atoms with Crippen LogP contribution >= 0.6 is 11.6 Å². The zero-order valence-electron chi connectivity index (χ0n) is 16.9. The Morgan fingerprint density at radius 2 is 1.67 bits per heavy atom. The maximum atomic E-state index is 13.1. The summed E-state index contributed by atoms with van der Waals surface area (Å²) in [5, 5.41) is 0.452. The van der Waals surface area contributed by atoms with E-state index in [0.29, 0.717) is 34.3 Å². The Balaban J connectivity index is 1.48. The molecule has 1 aliphatic carbocycles. The van der Waals surface area contributed by atoms with E-state index in [2.05, 4.69) is 0 Å². The van der Waals surface area contributed by atoms with Gasteiger partial charge in [-0.3, -0.25) is 4.79 Å². The minimum absolute atomic E-state index is 0.208. The van der Waals surface area contributed by atoms with Gasteiger partial charge in [0, 0.05) is 31.2 Å². The molecule has 30 heavy (non-hydrogen) atoms. The van der Waals surface area contributed by atoms with Crippen molar-refractivity contribution in [3.63, 3.8) is 0 Å². The molecule has 0 saturated carbocycles. The van der Waals surface area contributed by atoms with Gasteiger partial charge >= 0.3 is 0 Å². The van der Waals surface area contributed by atoms with Crippen LogP contribution in [0.15, 0.2) is 41.3 Å². The minimum Gasteiger partial charge on any atom is -0.496 e. The Kier molecular flexibility index (Phi) is 6.04. The summed E-state index contributed by atoms with van der Waals surface area (Å²) in [6, 6.07) is 10.4. The largest absolute Gasteiger partial charge is 0.496 e. The SMILES string of the molecule is COc1ccc(Cl)cc1C(=O)N1CCN(S(=O)(=O)c2ccc3c(c2)CCCC3)CC1. The number of amides is 1. The third-order valence-corrected chi connectivity index (χ3v) is 8.01. The van der Waals surface area contributed by atoms with Gasteiger partial charge in [-0.05, 0) is 67.1 Å². The van der Waals surface area contributed by atoms with Crippen molar-refractivity contribution < 1.29 is 17.9 Å². The first-order chi connectivity index (χ1) is 14.4. The molecule has 0 atom stereocenters. The van der Waals surface area contributed by atoms with Crippen LogP contribution in [0.4, 0.5) is 0 Å². The third kappa shape index (κ3) is 4.06. The summed E-state index contributed by atoms with van der Waals surface area (Å²) in [6.45, 7) is 1.15. The van der Waals surface area contributed by atoms with E-state index in [4.69, 9.17) is 16.3 Å². The van der Waals surface area contributed by atoms with Gasteiger partial charge < -0.3 is 9.64 Å². The van der Waals surface area contributed by atoms with Crippen molar-refractivity contribution in [2.75, 3.05) is 33.3 Å². The molecule has 1 aliphatic heterocycles. The summed E-state index contributed by atoms with van der Waals surface area (Å²) in [5.74, 6) is 0.244. The maximum absolute atomic E-state index is 13.1. The van der Waals surface area contributed by atoms with E-state index < -0.39 is 10.0 Å². The van der Waals surface area contributed by atoms with Crippen LogP contribution in [0.3, 0.4) is 0 Å². The van der Waals surface area contributed by atoms with Crippen LogP contribution in [0.5, 0.6) is 5.75 Å². The number of carbonyl (C=O) groups is 1. The number of aryl methyl sites for hydroxylation is 2. The van der Waals surface area contributed by atoms with Gasteiger partial charge in [0.05, 0.1) is 17.6 Å². The summed E-state index contributed by atoms with van der Waals surface area (Å²) in [7, 11) is -2.08. The van der Waals surface area contributed by atoms with Crippen LogP contribution in [0.25, 0.3) is 0 Å². The highest BCUT2D eigenvalue weighted by molar-refractivity contribution is 7.89. The van der Waals surface area contributed by atoms with Gasteiger partial charge in [0.1, 0.15) is 5.75 Å². The van der Waals surface area contributed by atoms with Gasteiger partial charge in [-0.2, -0.15) is 4.31 Å². The van der Waals surface area contributed by atoms with Crippen molar-refractivity contribution in [3.05, 3.63) is 58.1 Å². The van der Waals surface area contributed by atoms with Crippen molar-refractivity contribution >= 4 is 27.5 Å². The number of carbonyl (C=O) groups excluding carboxylic acids is 1. The average Bonchev–Trinajstić information content (AvgIpc) is 2.78. The number of sulfonamides is 1. The molecule has 1 saturated heterocycles. The Labute approximate surface area is 182 Å². The van der Waals surface area contributed by atoms with E-state index in [9.17, 15) is 13.2 Å². The molecule has 0 bridgehead atoms. The Hall–Kier alpha value is -2.09. The standard InChI is InChI=1S/C22H25ClN2O4S/c1-29-21-9-7-18(23)15-20(21)22(26)24-10-12-25(13-11-24)30(27,28)19-8-6-16-4-2-3-5-17(16)14-19/h6-9,14-15H,2-5,10-13H2,1H3. The number of methoxy groups -OCH3 is 1. The van der Waals surface area contributed by atoms with E-state index >= 15 is 0 Å². The zero-order valence-corrected chi connectivity index (χ0v) is 18.5. The number of rotatable bonds is 4. The molecular formula is C22H25ClN2O4S. The zero-order chi connectivity index (χ0) is 21.3. The van der Waals surface area contributed by atoms with Gasteiger partial charge in [0.15, 0.2) is 0 Å². The first kappa shape index (κ1) is 21.2. The van der Waals surface area contributed by atoms with E-state index in [1.807, 2.05) is 12.1 Å². The molecule has 2 aromatic rings. The van der Waals surface area contributed by atoms with Crippen molar-refractivity contribution in [3.8, 4) is 5.75 Å². The number of ether oxygens (including phenoxy) is 1. The molecule has 1 heterocycles. The number of benzene rings is 2. The molecule has 8 heteroatoms.